The minimum Gasteiger partial charge on any atom is -0.356 e. The van der Waals surface area contributed by atoms with Crippen molar-refractivity contribution in [1.29, 1.82) is 0 Å². The van der Waals surface area contributed by atoms with Crippen molar-refractivity contribution in [2.24, 2.45) is 10.9 Å². The van der Waals surface area contributed by atoms with Crippen molar-refractivity contribution in [3.8, 4) is 0 Å². The first-order chi connectivity index (χ1) is 7.77. The molecule has 2 heterocycles. The summed E-state index contributed by atoms with van der Waals surface area (Å²) in [5, 5.41) is 6.90. The van der Waals surface area contributed by atoms with Crippen LogP contribution in [0.5, 0.6) is 0 Å². The lowest BCUT2D eigenvalue weighted by atomic mass is 10.1. The lowest BCUT2D eigenvalue weighted by Crippen LogP contribution is -2.43. The van der Waals surface area contributed by atoms with Crippen molar-refractivity contribution in [2.75, 3.05) is 32.7 Å². The Bertz CT molecular complexity index is 243. The normalized spacial score (nSPS) is 25.3. The zero-order valence-electron chi connectivity index (χ0n) is 10.5. The number of guanidine groups is 1. The van der Waals surface area contributed by atoms with Gasteiger partial charge in [0, 0.05) is 19.1 Å². The van der Waals surface area contributed by atoms with Crippen LogP contribution in [0.3, 0.4) is 0 Å². The molecule has 1 unspecified atom stereocenters. The van der Waals surface area contributed by atoms with E-state index < -0.39 is 0 Å². The molecular formula is C12H24N4. The van der Waals surface area contributed by atoms with Crippen LogP contribution in [-0.2, 0) is 0 Å². The molecule has 0 radical (unpaired) electrons. The number of aliphatic imine (C=N–C) groups is 1. The van der Waals surface area contributed by atoms with E-state index in [9.17, 15) is 0 Å². The van der Waals surface area contributed by atoms with E-state index in [2.05, 4.69) is 34.4 Å². The summed E-state index contributed by atoms with van der Waals surface area (Å²) in [5.41, 5.74) is 0. The van der Waals surface area contributed by atoms with Gasteiger partial charge in [0.15, 0.2) is 5.96 Å². The van der Waals surface area contributed by atoms with Gasteiger partial charge < -0.3 is 15.5 Å². The summed E-state index contributed by atoms with van der Waals surface area (Å²) in [5.74, 6) is 1.97. The van der Waals surface area contributed by atoms with Crippen LogP contribution in [-0.4, -0.2) is 49.6 Å². The maximum atomic E-state index is 4.52. The van der Waals surface area contributed by atoms with E-state index in [1.807, 2.05) is 0 Å². The Balaban J connectivity index is 1.68. The highest BCUT2D eigenvalue weighted by Crippen LogP contribution is 2.11. The van der Waals surface area contributed by atoms with Crippen molar-refractivity contribution >= 4 is 5.96 Å². The average molecular weight is 224 g/mol. The monoisotopic (exact) mass is 224 g/mol. The Morgan fingerprint density at radius 2 is 2.44 bits per heavy atom. The predicted molar refractivity (Wildman–Crippen MR) is 67.7 cm³/mol. The van der Waals surface area contributed by atoms with Crippen molar-refractivity contribution in [2.45, 2.75) is 32.7 Å². The SMILES string of the molecule is CC(C)N1CCN=C1NCCC1CCNC1. The van der Waals surface area contributed by atoms with Crippen molar-refractivity contribution < 1.29 is 0 Å². The highest BCUT2D eigenvalue weighted by atomic mass is 15.3. The Hall–Kier alpha value is -0.770. The number of hydrogen-bond donors (Lipinski definition) is 2. The Morgan fingerprint density at radius 1 is 1.56 bits per heavy atom. The lowest BCUT2D eigenvalue weighted by molar-refractivity contribution is 0.367. The molecule has 4 heteroatoms. The van der Waals surface area contributed by atoms with Gasteiger partial charge in [0.1, 0.15) is 0 Å². The highest BCUT2D eigenvalue weighted by molar-refractivity contribution is 5.81. The summed E-state index contributed by atoms with van der Waals surface area (Å²) in [6, 6.07) is 0.557. The van der Waals surface area contributed by atoms with Crippen LogP contribution in [0, 0.1) is 5.92 Å². The van der Waals surface area contributed by atoms with Gasteiger partial charge in [0.05, 0.1) is 6.54 Å². The molecule has 0 spiro atoms. The molecule has 1 atom stereocenters. The second-order valence-electron chi connectivity index (χ2n) is 5.07. The summed E-state index contributed by atoms with van der Waals surface area (Å²) < 4.78 is 0. The van der Waals surface area contributed by atoms with Gasteiger partial charge in [-0.1, -0.05) is 0 Å². The van der Waals surface area contributed by atoms with Crippen LogP contribution >= 0.6 is 0 Å². The fourth-order valence-electron chi connectivity index (χ4n) is 2.47. The molecule has 2 N–H and O–H groups in total. The summed E-state index contributed by atoms with van der Waals surface area (Å²) in [4.78, 5) is 6.87. The van der Waals surface area contributed by atoms with Crippen LogP contribution < -0.4 is 10.6 Å². The molecule has 0 aliphatic carbocycles. The minimum absolute atomic E-state index is 0.557. The Labute approximate surface area is 98.5 Å². The minimum atomic E-state index is 0.557. The summed E-state index contributed by atoms with van der Waals surface area (Å²) in [6.45, 7) is 9.93. The molecule has 0 aromatic carbocycles. The van der Waals surface area contributed by atoms with E-state index in [1.165, 1.54) is 25.9 Å². The van der Waals surface area contributed by atoms with Gasteiger partial charge >= 0.3 is 0 Å². The lowest BCUT2D eigenvalue weighted by Gasteiger charge is -2.25. The molecule has 2 rings (SSSR count). The number of rotatable bonds is 4. The van der Waals surface area contributed by atoms with Gasteiger partial charge in [-0.15, -0.1) is 0 Å². The van der Waals surface area contributed by atoms with Gasteiger partial charge in [-0.2, -0.15) is 0 Å². The Morgan fingerprint density at radius 3 is 3.12 bits per heavy atom. The maximum Gasteiger partial charge on any atom is 0.194 e. The van der Waals surface area contributed by atoms with E-state index in [0.717, 1.165) is 31.5 Å². The van der Waals surface area contributed by atoms with E-state index in [1.54, 1.807) is 0 Å². The second kappa shape index (κ2) is 5.53. The first kappa shape index (κ1) is 11.7. The van der Waals surface area contributed by atoms with Crippen LogP contribution in [0.4, 0.5) is 0 Å². The molecule has 0 amide bonds. The molecule has 1 fully saturated rings. The molecule has 16 heavy (non-hydrogen) atoms. The predicted octanol–water partition coefficient (Wildman–Crippen LogP) is 0.656. The van der Waals surface area contributed by atoms with Gasteiger partial charge in [0.25, 0.3) is 0 Å². The Kier molecular flexibility index (Phi) is 4.04. The molecule has 4 nitrogen and oxygen atoms in total. The molecule has 1 saturated heterocycles. The summed E-state index contributed by atoms with van der Waals surface area (Å²) >= 11 is 0. The highest BCUT2D eigenvalue weighted by Gasteiger charge is 2.20. The smallest absolute Gasteiger partial charge is 0.194 e. The van der Waals surface area contributed by atoms with Gasteiger partial charge in [-0.3, -0.25) is 4.99 Å². The molecule has 2 aliphatic heterocycles. The number of nitrogens with zero attached hydrogens (tertiary/aromatic N) is 2. The third-order valence-corrected chi connectivity index (χ3v) is 3.50. The molecule has 92 valence electrons. The summed E-state index contributed by atoms with van der Waals surface area (Å²) in [6.07, 6.45) is 2.60. The molecule has 0 aromatic heterocycles. The maximum absolute atomic E-state index is 4.52. The average Bonchev–Trinajstić information content (AvgIpc) is 2.87. The van der Waals surface area contributed by atoms with Crippen molar-refractivity contribution in [3.05, 3.63) is 0 Å². The summed E-state index contributed by atoms with van der Waals surface area (Å²) in [7, 11) is 0. The first-order valence-corrected chi connectivity index (χ1v) is 6.53. The zero-order chi connectivity index (χ0) is 11.4. The fourth-order valence-corrected chi connectivity index (χ4v) is 2.47. The van der Waals surface area contributed by atoms with E-state index in [0.29, 0.717) is 6.04 Å². The van der Waals surface area contributed by atoms with Gasteiger partial charge in [0.2, 0.25) is 0 Å². The largest absolute Gasteiger partial charge is 0.356 e. The van der Waals surface area contributed by atoms with Gasteiger partial charge in [-0.05, 0) is 45.7 Å². The van der Waals surface area contributed by atoms with Crippen LogP contribution in [0.15, 0.2) is 4.99 Å². The van der Waals surface area contributed by atoms with Crippen molar-refractivity contribution in [1.82, 2.24) is 15.5 Å². The molecule has 2 aliphatic rings. The van der Waals surface area contributed by atoms with Crippen LogP contribution in [0.25, 0.3) is 0 Å². The standard InChI is InChI=1S/C12H24N4/c1-10(2)16-8-7-15-12(16)14-6-4-11-3-5-13-9-11/h10-11,13H,3-9H2,1-2H3,(H,14,15). The molecule has 0 saturated carbocycles. The van der Waals surface area contributed by atoms with Crippen LogP contribution in [0.2, 0.25) is 0 Å². The third-order valence-electron chi connectivity index (χ3n) is 3.50. The third kappa shape index (κ3) is 2.88. The topological polar surface area (TPSA) is 39.7 Å². The molecule has 0 bridgehead atoms. The van der Waals surface area contributed by atoms with E-state index in [4.69, 9.17) is 0 Å². The molecule has 0 aromatic rings. The fraction of sp³-hybridized carbons (Fsp3) is 0.917. The second-order valence-corrected chi connectivity index (χ2v) is 5.07. The zero-order valence-corrected chi connectivity index (χ0v) is 10.5. The first-order valence-electron chi connectivity index (χ1n) is 6.53. The van der Waals surface area contributed by atoms with Crippen LogP contribution in [0.1, 0.15) is 26.7 Å². The van der Waals surface area contributed by atoms with E-state index in [-0.39, 0.29) is 0 Å². The number of nitrogens with one attached hydrogen (secondary N) is 2. The quantitative estimate of drug-likeness (QED) is 0.737. The van der Waals surface area contributed by atoms with E-state index >= 15 is 0 Å². The van der Waals surface area contributed by atoms with Crippen molar-refractivity contribution in [3.63, 3.8) is 0 Å². The molecular weight excluding hydrogens is 200 g/mol. The van der Waals surface area contributed by atoms with Gasteiger partial charge in [-0.25, -0.2) is 0 Å². The number of hydrogen-bond acceptors (Lipinski definition) is 4.